The summed E-state index contributed by atoms with van der Waals surface area (Å²) < 4.78 is 5.46. The summed E-state index contributed by atoms with van der Waals surface area (Å²) in [7, 11) is 0. The standard InChI is InChI=1S/C13H22N2O/c1-5-13(3,4)15-10-8-7-9-11(12(10)14)16-6-2/h7-9,15H,5-6,14H2,1-4H3. The van der Waals surface area contributed by atoms with Gasteiger partial charge in [0.25, 0.3) is 0 Å². The molecule has 0 bridgehead atoms. The molecule has 0 aliphatic rings. The van der Waals surface area contributed by atoms with E-state index in [9.17, 15) is 0 Å². The monoisotopic (exact) mass is 222 g/mol. The first-order valence-corrected chi connectivity index (χ1v) is 5.79. The molecule has 1 rings (SSSR count). The normalized spacial score (nSPS) is 11.2. The zero-order valence-corrected chi connectivity index (χ0v) is 10.6. The topological polar surface area (TPSA) is 47.3 Å². The summed E-state index contributed by atoms with van der Waals surface area (Å²) in [5.41, 5.74) is 7.71. The van der Waals surface area contributed by atoms with E-state index in [4.69, 9.17) is 10.5 Å². The Morgan fingerprint density at radius 2 is 2.00 bits per heavy atom. The molecule has 0 aliphatic carbocycles. The molecule has 0 fully saturated rings. The maximum Gasteiger partial charge on any atom is 0.144 e. The Morgan fingerprint density at radius 1 is 1.31 bits per heavy atom. The predicted molar refractivity (Wildman–Crippen MR) is 70.0 cm³/mol. The minimum absolute atomic E-state index is 0.0406. The molecule has 0 radical (unpaired) electrons. The largest absolute Gasteiger partial charge is 0.492 e. The highest BCUT2D eigenvalue weighted by Gasteiger charge is 2.16. The number of rotatable bonds is 5. The number of nitrogen functional groups attached to an aromatic ring is 1. The molecular weight excluding hydrogens is 200 g/mol. The number of nitrogens with two attached hydrogens (primary N) is 1. The number of hydrogen-bond acceptors (Lipinski definition) is 3. The molecule has 3 N–H and O–H groups in total. The minimum Gasteiger partial charge on any atom is -0.492 e. The van der Waals surface area contributed by atoms with Gasteiger partial charge in [-0.3, -0.25) is 0 Å². The lowest BCUT2D eigenvalue weighted by Crippen LogP contribution is -2.30. The number of para-hydroxylation sites is 1. The van der Waals surface area contributed by atoms with Gasteiger partial charge < -0.3 is 15.8 Å². The van der Waals surface area contributed by atoms with Crippen LogP contribution >= 0.6 is 0 Å². The molecule has 0 spiro atoms. The zero-order chi connectivity index (χ0) is 12.2. The molecule has 0 aromatic heterocycles. The Hall–Kier alpha value is -1.38. The van der Waals surface area contributed by atoms with Gasteiger partial charge in [-0.1, -0.05) is 13.0 Å². The van der Waals surface area contributed by atoms with Crippen LogP contribution in [0.4, 0.5) is 11.4 Å². The van der Waals surface area contributed by atoms with E-state index >= 15 is 0 Å². The van der Waals surface area contributed by atoms with Gasteiger partial charge in [0.05, 0.1) is 18.0 Å². The Morgan fingerprint density at radius 3 is 2.56 bits per heavy atom. The fourth-order valence-corrected chi connectivity index (χ4v) is 1.39. The average molecular weight is 222 g/mol. The van der Waals surface area contributed by atoms with E-state index in [0.717, 1.165) is 17.9 Å². The third-order valence-electron chi connectivity index (χ3n) is 2.72. The van der Waals surface area contributed by atoms with Crippen molar-refractivity contribution in [1.82, 2.24) is 0 Å². The number of benzene rings is 1. The summed E-state index contributed by atoms with van der Waals surface area (Å²) in [6.45, 7) is 9.04. The molecule has 0 unspecified atom stereocenters. The van der Waals surface area contributed by atoms with Crippen LogP contribution in [0.2, 0.25) is 0 Å². The molecule has 0 aliphatic heterocycles. The highest BCUT2D eigenvalue weighted by Crippen LogP contribution is 2.31. The number of ether oxygens (including phenoxy) is 1. The minimum atomic E-state index is 0.0406. The summed E-state index contributed by atoms with van der Waals surface area (Å²) >= 11 is 0. The Bertz CT molecular complexity index is 348. The maximum absolute atomic E-state index is 6.04. The van der Waals surface area contributed by atoms with Gasteiger partial charge in [0.2, 0.25) is 0 Å². The van der Waals surface area contributed by atoms with Crippen LogP contribution in [-0.4, -0.2) is 12.1 Å². The molecule has 1 aromatic carbocycles. The second kappa shape index (κ2) is 5.10. The SMILES string of the molecule is CCOc1cccc(NC(C)(C)CC)c1N. The summed E-state index contributed by atoms with van der Waals surface area (Å²) in [6, 6.07) is 5.83. The second-order valence-corrected chi connectivity index (χ2v) is 4.51. The first-order chi connectivity index (χ1) is 7.50. The van der Waals surface area contributed by atoms with Crippen molar-refractivity contribution >= 4 is 11.4 Å². The highest BCUT2D eigenvalue weighted by atomic mass is 16.5. The smallest absolute Gasteiger partial charge is 0.144 e. The molecule has 90 valence electrons. The van der Waals surface area contributed by atoms with Crippen molar-refractivity contribution in [2.45, 2.75) is 39.7 Å². The Balaban J connectivity index is 2.93. The van der Waals surface area contributed by atoms with Gasteiger partial charge in [-0.15, -0.1) is 0 Å². The third kappa shape index (κ3) is 3.05. The molecule has 1 aromatic rings. The molecule has 0 saturated carbocycles. The zero-order valence-electron chi connectivity index (χ0n) is 10.6. The molecule has 0 saturated heterocycles. The van der Waals surface area contributed by atoms with Crippen molar-refractivity contribution < 1.29 is 4.74 Å². The van der Waals surface area contributed by atoms with Gasteiger partial charge in [0.1, 0.15) is 5.75 Å². The number of hydrogen-bond donors (Lipinski definition) is 2. The lowest BCUT2D eigenvalue weighted by molar-refractivity contribution is 0.342. The van der Waals surface area contributed by atoms with E-state index in [-0.39, 0.29) is 5.54 Å². The van der Waals surface area contributed by atoms with Crippen LogP contribution in [0.25, 0.3) is 0 Å². The van der Waals surface area contributed by atoms with E-state index in [2.05, 4.69) is 26.1 Å². The fourth-order valence-electron chi connectivity index (χ4n) is 1.39. The lowest BCUT2D eigenvalue weighted by atomic mass is 10.0. The first kappa shape index (κ1) is 12.7. The van der Waals surface area contributed by atoms with Crippen molar-refractivity contribution in [3.8, 4) is 5.75 Å². The van der Waals surface area contributed by atoms with Gasteiger partial charge in [0.15, 0.2) is 0 Å². The van der Waals surface area contributed by atoms with Gasteiger partial charge in [-0.25, -0.2) is 0 Å². The molecular formula is C13H22N2O. The van der Waals surface area contributed by atoms with Crippen LogP contribution in [0.3, 0.4) is 0 Å². The lowest BCUT2D eigenvalue weighted by Gasteiger charge is -2.27. The summed E-state index contributed by atoms with van der Waals surface area (Å²) in [6.07, 6.45) is 1.03. The van der Waals surface area contributed by atoms with Crippen molar-refractivity contribution in [3.63, 3.8) is 0 Å². The number of nitrogens with one attached hydrogen (secondary N) is 1. The third-order valence-corrected chi connectivity index (χ3v) is 2.72. The van der Waals surface area contributed by atoms with Crippen LogP contribution in [0.5, 0.6) is 5.75 Å². The fraction of sp³-hybridized carbons (Fsp3) is 0.538. The van der Waals surface area contributed by atoms with Crippen molar-refractivity contribution in [2.24, 2.45) is 0 Å². The average Bonchev–Trinajstić information content (AvgIpc) is 2.24. The van der Waals surface area contributed by atoms with Crippen molar-refractivity contribution in [1.29, 1.82) is 0 Å². The predicted octanol–water partition coefficient (Wildman–Crippen LogP) is 3.27. The number of anilines is 2. The van der Waals surface area contributed by atoms with Gasteiger partial charge >= 0.3 is 0 Å². The molecule has 16 heavy (non-hydrogen) atoms. The molecule has 0 amide bonds. The molecule has 0 atom stereocenters. The van der Waals surface area contributed by atoms with Gasteiger partial charge in [0, 0.05) is 5.54 Å². The van der Waals surface area contributed by atoms with E-state index in [1.54, 1.807) is 0 Å². The van der Waals surface area contributed by atoms with E-state index in [0.29, 0.717) is 12.3 Å². The van der Waals surface area contributed by atoms with Crippen LogP contribution in [0.1, 0.15) is 34.1 Å². The van der Waals surface area contributed by atoms with Crippen molar-refractivity contribution in [3.05, 3.63) is 18.2 Å². The maximum atomic E-state index is 6.04. The Labute approximate surface area is 98.0 Å². The quantitative estimate of drug-likeness (QED) is 0.752. The van der Waals surface area contributed by atoms with E-state index in [1.165, 1.54) is 0 Å². The molecule has 0 heterocycles. The van der Waals surface area contributed by atoms with Crippen molar-refractivity contribution in [2.75, 3.05) is 17.7 Å². The second-order valence-electron chi connectivity index (χ2n) is 4.51. The van der Waals surface area contributed by atoms with Crippen LogP contribution in [-0.2, 0) is 0 Å². The molecule has 3 heteroatoms. The van der Waals surface area contributed by atoms with E-state index in [1.807, 2.05) is 25.1 Å². The first-order valence-electron chi connectivity index (χ1n) is 5.79. The summed E-state index contributed by atoms with van der Waals surface area (Å²) in [5, 5.41) is 3.43. The van der Waals surface area contributed by atoms with Crippen LogP contribution in [0.15, 0.2) is 18.2 Å². The van der Waals surface area contributed by atoms with Gasteiger partial charge in [-0.2, -0.15) is 0 Å². The molecule has 3 nitrogen and oxygen atoms in total. The van der Waals surface area contributed by atoms with Crippen LogP contribution in [0, 0.1) is 0 Å². The Kier molecular flexibility index (Phi) is 4.05. The van der Waals surface area contributed by atoms with Crippen LogP contribution < -0.4 is 15.8 Å². The summed E-state index contributed by atoms with van der Waals surface area (Å²) in [4.78, 5) is 0. The van der Waals surface area contributed by atoms with E-state index < -0.39 is 0 Å². The highest BCUT2D eigenvalue weighted by molar-refractivity contribution is 5.73. The van der Waals surface area contributed by atoms with Gasteiger partial charge in [-0.05, 0) is 39.3 Å². The summed E-state index contributed by atoms with van der Waals surface area (Å²) in [5.74, 6) is 0.749.